The highest BCUT2D eigenvalue weighted by atomic mass is 32.2. The summed E-state index contributed by atoms with van der Waals surface area (Å²) in [5.74, 6) is -6.88. The van der Waals surface area contributed by atoms with Crippen LogP contribution in [0.15, 0.2) is 52.3 Å². The minimum atomic E-state index is -4.26. The summed E-state index contributed by atoms with van der Waals surface area (Å²) in [5.41, 5.74) is -0.450. The number of fused-ring (bicyclic) bond motifs is 1. The molecule has 1 aliphatic carbocycles. The van der Waals surface area contributed by atoms with Crippen LogP contribution in [0.1, 0.15) is 32.6 Å². The van der Waals surface area contributed by atoms with Crippen LogP contribution < -0.4 is 9.64 Å². The van der Waals surface area contributed by atoms with E-state index < -0.39 is 51.0 Å². The molecule has 0 amide bonds. The molecule has 1 N–H and O–H groups in total. The van der Waals surface area contributed by atoms with Gasteiger partial charge in [-0.3, -0.25) is 4.79 Å². The number of anilines is 2. The summed E-state index contributed by atoms with van der Waals surface area (Å²) in [6, 6.07) is 10.9. The maximum atomic E-state index is 14.0. The van der Waals surface area contributed by atoms with Crippen LogP contribution in [0.5, 0.6) is 5.75 Å². The van der Waals surface area contributed by atoms with Gasteiger partial charge in [0, 0.05) is 55.9 Å². The van der Waals surface area contributed by atoms with E-state index in [9.17, 15) is 35.9 Å². The first kappa shape index (κ1) is 30.9. The van der Waals surface area contributed by atoms with Gasteiger partial charge in [-0.05, 0) is 31.5 Å². The molecular weight excluding hydrogens is 600 g/mol. The van der Waals surface area contributed by atoms with Gasteiger partial charge in [-0.15, -0.1) is 11.8 Å². The molecule has 1 atom stereocenters. The average molecular weight is 633 g/mol. The van der Waals surface area contributed by atoms with E-state index in [4.69, 9.17) is 9.47 Å². The Morgan fingerprint density at radius 1 is 1.19 bits per heavy atom. The number of nitrogens with zero attached hydrogens (tertiary/aromatic N) is 2. The number of para-hydroxylation sites is 1. The highest BCUT2D eigenvalue weighted by Crippen LogP contribution is 2.51. The summed E-state index contributed by atoms with van der Waals surface area (Å²) in [4.78, 5) is 13.9. The molecule has 1 saturated heterocycles. The Morgan fingerprint density at radius 3 is 2.40 bits per heavy atom. The second-order valence-electron chi connectivity index (χ2n) is 11.4. The highest BCUT2D eigenvalue weighted by Gasteiger charge is 2.49. The summed E-state index contributed by atoms with van der Waals surface area (Å²) in [5, 5.41) is 9.25. The van der Waals surface area contributed by atoms with Gasteiger partial charge in [-0.1, -0.05) is 18.2 Å². The summed E-state index contributed by atoms with van der Waals surface area (Å²) < 4.78 is 95.3. The Hall–Kier alpha value is -2.55. The second kappa shape index (κ2) is 11.2. The third kappa shape index (κ3) is 6.22. The first-order chi connectivity index (χ1) is 19.6. The highest BCUT2D eigenvalue weighted by molar-refractivity contribution is 8.00. The molecule has 2 aromatic rings. The predicted octanol–water partition coefficient (Wildman–Crippen LogP) is 5.63. The van der Waals surface area contributed by atoms with E-state index in [-0.39, 0.29) is 62.0 Å². The van der Waals surface area contributed by atoms with Crippen LogP contribution in [0.4, 0.5) is 28.9 Å². The molecule has 0 aromatic heterocycles. The van der Waals surface area contributed by atoms with Crippen molar-refractivity contribution < 1.29 is 45.4 Å². The van der Waals surface area contributed by atoms with E-state index >= 15 is 0 Å². The maximum absolute atomic E-state index is 14.0. The second-order valence-corrected chi connectivity index (χ2v) is 14.7. The molecule has 2 aliphatic heterocycles. The Kier molecular flexibility index (Phi) is 8.22. The van der Waals surface area contributed by atoms with Gasteiger partial charge in [0.05, 0.1) is 23.8 Å². The number of hydrogen-bond donors (Lipinski definition) is 1. The number of aliphatic carboxylic acids is 1. The maximum Gasteiger partial charge on any atom is 0.317 e. The zero-order chi connectivity index (χ0) is 30.5. The number of likely N-dealkylation sites (N-methyl/N-ethyl adjacent to an activating group) is 1. The standard InChI is InChI=1S/C28H32F4N2O6S2/c1-26(29,30)9-8-19-14-34(18-6-4-3-5-7-18)21-10-23(41-20-12-28(31,32)13-20)22(11-24(21)42(37,38)33(19)2)40-17-27(25(35)36)15-39-16-27/h3-7,10-11,19-20H,8-9,12-17H2,1-2H3,(H,35,36)/t19-/m1/s1. The smallest absolute Gasteiger partial charge is 0.317 e. The van der Waals surface area contributed by atoms with Crippen molar-refractivity contribution in [1.29, 1.82) is 0 Å². The minimum Gasteiger partial charge on any atom is -0.491 e. The number of carbonyl (C=O) groups is 1. The van der Waals surface area contributed by atoms with Crippen molar-refractivity contribution in [3.63, 3.8) is 0 Å². The summed E-state index contributed by atoms with van der Waals surface area (Å²) in [7, 11) is -2.91. The Morgan fingerprint density at radius 2 is 1.86 bits per heavy atom. The molecule has 2 heterocycles. The van der Waals surface area contributed by atoms with Crippen LogP contribution in [-0.2, 0) is 19.6 Å². The lowest BCUT2D eigenvalue weighted by molar-refractivity contribution is -0.185. The van der Waals surface area contributed by atoms with Gasteiger partial charge in [-0.2, -0.15) is 4.31 Å². The Balaban J connectivity index is 1.60. The van der Waals surface area contributed by atoms with E-state index in [0.29, 0.717) is 10.6 Å². The molecule has 0 radical (unpaired) electrons. The number of hydrogen-bond acceptors (Lipinski definition) is 7. The van der Waals surface area contributed by atoms with Gasteiger partial charge in [0.1, 0.15) is 22.7 Å². The molecule has 230 valence electrons. The van der Waals surface area contributed by atoms with Gasteiger partial charge < -0.3 is 19.5 Å². The fourth-order valence-corrected chi connectivity index (χ4v) is 8.17. The lowest BCUT2D eigenvalue weighted by Crippen LogP contribution is -2.53. The Bertz CT molecular complexity index is 1430. The van der Waals surface area contributed by atoms with Crippen molar-refractivity contribution in [3.05, 3.63) is 42.5 Å². The molecule has 0 bridgehead atoms. The van der Waals surface area contributed by atoms with Gasteiger partial charge in [0.25, 0.3) is 0 Å². The number of benzene rings is 2. The molecule has 5 rings (SSSR count). The minimum absolute atomic E-state index is 0.0463. The molecule has 2 fully saturated rings. The van der Waals surface area contributed by atoms with Crippen molar-refractivity contribution in [2.45, 2.75) is 65.5 Å². The molecule has 42 heavy (non-hydrogen) atoms. The van der Waals surface area contributed by atoms with Gasteiger partial charge in [0.15, 0.2) is 0 Å². The topological polar surface area (TPSA) is 96.4 Å². The molecule has 3 aliphatic rings. The van der Waals surface area contributed by atoms with E-state index in [1.54, 1.807) is 41.3 Å². The average Bonchev–Trinajstić information content (AvgIpc) is 2.94. The summed E-state index contributed by atoms with van der Waals surface area (Å²) in [6.45, 7) is 0.362. The van der Waals surface area contributed by atoms with E-state index in [1.807, 2.05) is 0 Å². The molecular formula is C28H32F4N2O6S2. The van der Waals surface area contributed by atoms with Crippen molar-refractivity contribution in [2.24, 2.45) is 5.41 Å². The lowest BCUT2D eigenvalue weighted by atomic mass is 9.87. The number of thioether (sulfide) groups is 1. The molecule has 1 saturated carbocycles. The lowest BCUT2D eigenvalue weighted by Gasteiger charge is -2.37. The van der Waals surface area contributed by atoms with Gasteiger partial charge in [-0.25, -0.2) is 26.0 Å². The number of rotatable bonds is 10. The van der Waals surface area contributed by atoms with E-state index in [0.717, 1.165) is 23.0 Å². The largest absolute Gasteiger partial charge is 0.491 e. The monoisotopic (exact) mass is 632 g/mol. The van der Waals surface area contributed by atoms with Crippen molar-refractivity contribution in [3.8, 4) is 5.75 Å². The van der Waals surface area contributed by atoms with E-state index in [2.05, 4.69) is 0 Å². The zero-order valence-electron chi connectivity index (χ0n) is 23.1. The van der Waals surface area contributed by atoms with Crippen molar-refractivity contribution in [2.75, 3.05) is 38.3 Å². The van der Waals surface area contributed by atoms with Crippen LogP contribution in [0.25, 0.3) is 0 Å². The fourth-order valence-electron chi connectivity index (χ4n) is 5.18. The zero-order valence-corrected chi connectivity index (χ0v) is 24.7. The number of carboxylic acid groups (broad SMARTS) is 1. The third-order valence-corrected chi connectivity index (χ3v) is 11.1. The van der Waals surface area contributed by atoms with Crippen LogP contribution in [-0.4, -0.2) is 80.3 Å². The molecule has 14 heteroatoms. The number of ether oxygens (including phenoxy) is 2. The van der Waals surface area contributed by atoms with Crippen molar-refractivity contribution >= 4 is 39.1 Å². The first-order valence-electron chi connectivity index (χ1n) is 13.5. The number of carboxylic acids is 1. The Labute approximate surface area is 246 Å². The molecule has 8 nitrogen and oxygen atoms in total. The van der Waals surface area contributed by atoms with E-state index in [1.165, 1.54) is 13.1 Å². The number of sulfonamides is 1. The predicted molar refractivity (Wildman–Crippen MR) is 149 cm³/mol. The van der Waals surface area contributed by atoms with Crippen LogP contribution in [0.3, 0.4) is 0 Å². The molecule has 2 aromatic carbocycles. The molecule has 0 spiro atoms. The summed E-state index contributed by atoms with van der Waals surface area (Å²) in [6.07, 6.45) is -1.36. The first-order valence-corrected chi connectivity index (χ1v) is 15.8. The van der Waals surface area contributed by atoms with Crippen molar-refractivity contribution in [1.82, 2.24) is 4.31 Å². The fraction of sp³-hybridized carbons (Fsp3) is 0.536. The van der Waals surface area contributed by atoms with Crippen LogP contribution in [0.2, 0.25) is 0 Å². The SMILES string of the molecule is CN1[C@H](CCC(C)(F)F)CN(c2ccccc2)c2cc(SC3CC(F)(F)C3)c(OCC3(C(=O)O)COC3)cc2S1(=O)=O. The van der Waals surface area contributed by atoms with Crippen LogP contribution >= 0.6 is 11.8 Å². The van der Waals surface area contributed by atoms with Crippen LogP contribution in [0, 0.1) is 5.41 Å². The normalized spacial score (nSPS) is 23.3. The molecule has 0 unspecified atom stereocenters. The van der Waals surface area contributed by atoms with Gasteiger partial charge >= 0.3 is 5.97 Å². The number of alkyl halides is 4. The quantitative estimate of drug-likeness (QED) is 0.337. The number of halogens is 4. The summed E-state index contributed by atoms with van der Waals surface area (Å²) >= 11 is 1.12. The van der Waals surface area contributed by atoms with Gasteiger partial charge in [0.2, 0.25) is 21.9 Å². The third-order valence-electron chi connectivity index (χ3n) is 7.93.